The molecule has 1 aromatic rings. The Labute approximate surface area is 147 Å². The van der Waals surface area contributed by atoms with E-state index in [9.17, 15) is 14.4 Å². The largest absolute Gasteiger partial charge is 0.479 e. The second-order valence-electron chi connectivity index (χ2n) is 5.80. The SMILES string of the molecule is C=CCN(CC=C)C(=O)CN1C(=O)C(C)Oc2ccc(C(C)=O)cc21. The molecule has 1 heterocycles. The van der Waals surface area contributed by atoms with E-state index in [0.717, 1.165) is 0 Å². The maximum absolute atomic E-state index is 12.6. The average molecular weight is 342 g/mol. The van der Waals surface area contributed by atoms with Crippen LogP contribution in [0.3, 0.4) is 0 Å². The normalized spacial score (nSPS) is 15.8. The molecule has 0 N–H and O–H groups in total. The molecule has 0 saturated heterocycles. The van der Waals surface area contributed by atoms with E-state index in [0.29, 0.717) is 30.1 Å². The highest BCUT2D eigenvalue weighted by molar-refractivity contribution is 6.05. The summed E-state index contributed by atoms with van der Waals surface area (Å²) in [6.45, 7) is 10.9. The van der Waals surface area contributed by atoms with Gasteiger partial charge in [0, 0.05) is 18.7 Å². The highest BCUT2D eigenvalue weighted by atomic mass is 16.5. The van der Waals surface area contributed by atoms with Gasteiger partial charge in [-0.1, -0.05) is 12.2 Å². The Hall–Kier alpha value is -2.89. The first kappa shape index (κ1) is 18.4. The van der Waals surface area contributed by atoms with E-state index in [2.05, 4.69) is 13.2 Å². The molecule has 0 aromatic heterocycles. The molecule has 0 saturated carbocycles. The first-order valence-corrected chi connectivity index (χ1v) is 8.01. The number of benzene rings is 1. The Morgan fingerprint density at radius 2 is 1.92 bits per heavy atom. The summed E-state index contributed by atoms with van der Waals surface area (Å²) in [5.74, 6) is -0.205. The van der Waals surface area contributed by atoms with Gasteiger partial charge in [-0.05, 0) is 32.0 Å². The van der Waals surface area contributed by atoms with Crippen LogP contribution in [0.25, 0.3) is 0 Å². The smallest absolute Gasteiger partial charge is 0.268 e. The lowest BCUT2D eigenvalue weighted by molar-refractivity contribution is -0.132. The van der Waals surface area contributed by atoms with Crippen molar-refractivity contribution in [2.24, 2.45) is 0 Å². The standard InChI is InChI=1S/C19H22N2O4/c1-5-9-20(10-6-2)18(23)12-21-16-11-15(13(3)22)7-8-17(16)25-14(4)19(21)24/h5-8,11,14H,1-2,9-10,12H2,3-4H3. The number of nitrogens with zero attached hydrogens (tertiary/aromatic N) is 2. The predicted molar refractivity (Wildman–Crippen MR) is 95.9 cm³/mol. The van der Waals surface area contributed by atoms with Gasteiger partial charge in [0.25, 0.3) is 5.91 Å². The van der Waals surface area contributed by atoms with E-state index in [-0.39, 0.29) is 24.1 Å². The Bertz CT molecular complexity index is 716. The van der Waals surface area contributed by atoms with Crippen LogP contribution in [0.4, 0.5) is 5.69 Å². The molecule has 6 heteroatoms. The van der Waals surface area contributed by atoms with Crippen LogP contribution < -0.4 is 9.64 Å². The molecular formula is C19H22N2O4. The predicted octanol–water partition coefficient (Wildman–Crippen LogP) is 2.20. The molecule has 1 aliphatic rings. The fourth-order valence-electron chi connectivity index (χ4n) is 2.61. The lowest BCUT2D eigenvalue weighted by Gasteiger charge is -2.34. The Kier molecular flexibility index (Phi) is 5.75. The zero-order valence-corrected chi connectivity index (χ0v) is 14.5. The number of carbonyl (C=O) groups excluding carboxylic acids is 3. The van der Waals surface area contributed by atoms with Crippen molar-refractivity contribution in [1.29, 1.82) is 0 Å². The van der Waals surface area contributed by atoms with Crippen molar-refractivity contribution in [3.05, 3.63) is 49.1 Å². The van der Waals surface area contributed by atoms with Gasteiger partial charge >= 0.3 is 0 Å². The second-order valence-corrected chi connectivity index (χ2v) is 5.80. The molecular weight excluding hydrogens is 320 g/mol. The Morgan fingerprint density at radius 3 is 2.48 bits per heavy atom. The van der Waals surface area contributed by atoms with E-state index < -0.39 is 6.10 Å². The minimum absolute atomic E-state index is 0.125. The molecule has 25 heavy (non-hydrogen) atoms. The van der Waals surface area contributed by atoms with Gasteiger partial charge in [-0.25, -0.2) is 0 Å². The zero-order valence-electron chi connectivity index (χ0n) is 14.5. The molecule has 0 bridgehead atoms. The summed E-state index contributed by atoms with van der Waals surface area (Å²) >= 11 is 0. The number of hydrogen-bond acceptors (Lipinski definition) is 4. The van der Waals surface area contributed by atoms with Crippen LogP contribution in [0, 0.1) is 0 Å². The minimum Gasteiger partial charge on any atom is -0.479 e. The number of rotatable bonds is 7. The molecule has 1 aromatic carbocycles. The number of ether oxygens (including phenoxy) is 1. The van der Waals surface area contributed by atoms with Crippen LogP contribution >= 0.6 is 0 Å². The molecule has 132 valence electrons. The molecule has 6 nitrogen and oxygen atoms in total. The quantitative estimate of drug-likeness (QED) is 0.563. The maximum Gasteiger partial charge on any atom is 0.268 e. The first-order chi connectivity index (χ1) is 11.9. The third-order valence-corrected chi connectivity index (χ3v) is 3.92. The number of hydrogen-bond donors (Lipinski definition) is 0. The van der Waals surface area contributed by atoms with Gasteiger partial charge in [0.05, 0.1) is 5.69 Å². The molecule has 0 radical (unpaired) electrons. The van der Waals surface area contributed by atoms with Crippen LogP contribution in [0.15, 0.2) is 43.5 Å². The van der Waals surface area contributed by atoms with Crippen molar-refractivity contribution in [2.45, 2.75) is 20.0 Å². The van der Waals surface area contributed by atoms with Gasteiger partial charge in [0.2, 0.25) is 5.91 Å². The fourth-order valence-corrected chi connectivity index (χ4v) is 2.61. The molecule has 2 amide bonds. The van der Waals surface area contributed by atoms with Crippen molar-refractivity contribution in [2.75, 3.05) is 24.5 Å². The van der Waals surface area contributed by atoms with Gasteiger partial charge < -0.3 is 9.64 Å². The molecule has 0 aliphatic carbocycles. The highest BCUT2D eigenvalue weighted by Crippen LogP contribution is 2.35. The first-order valence-electron chi connectivity index (χ1n) is 8.01. The maximum atomic E-state index is 12.6. The van der Waals surface area contributed by atoms with E-state index in [1.165, 1.54) is 11.8 Å². The lowest BCUT2D eigenvalue weighted by Crippen LogP contribution is -2.49. The zero-order chi connectivity index (χ0) is 18.6. The Balaban J connectivity index is 2.35. The molecule has 0 spiro atoms. The molecule has 1 unspecified atom stereocenters. The summed E-state index contributed by atoms with van der Waals surface area (Å²) < 4.78 is 5.59. The van der Waals surface area contributed by atoms with Gasteiger partial charge in [0.1, 0.15) is 12.3 Å². The summed E-state index contributed by atoms with van der Waals surface area (Å²) in [5.41, 5.74) is 0.887. The van der Waals surface area contributed by atoms with Crippen molar-refractivity contribution < 1.29 is 19.1 Å². The number of anilines is 1. The Morgan fingerprint density at radius 1 is 1.28 bits per heavy atom. The third-order valence-electron chi connectivity index (χ3n) is 3.92. The number of carbonyl (C=O) groups is 3. The third kappa shape index (κ3) is 3.96. The van der Waals surface area contributed by atoms with E-state index >= 15 is 0 Å². The number of ketones is 1. The van der Waals surface area contributed by atoms with Gasteiger partial charge in [-0.2, -0.15) is 0 Å². The average Bonchev–Trinajstić information content (AvgIpc) is 2.58. The number of amides is 2. The molecule has 0 fully saturated rings. The number of Topliss-reactive ketones (excluding diaryl/α,β-unsaturated/α-hetero) is 1. The van der Waals surface area contributed by atoms with Gasteiger partial charge in [-0.3, -0.25) is 19.3 Å². The fraction of sp³-hybridized carbons (Fsp3) is 0.316. The van der Waals surface area contributed by atoms with E-state index in [1.54, 1.807) is 42.2 Å². The van der Waals surface area contributed by atoms with Crippen LogP contribution in [-0.4, -0.2) is 48.2 Å². The molecule has 1 atom stereocenters. The summed E-state index contributed by atoms with van der Waals surface area (Å²) in [6, 6.07) is 4.88. The van der Waals surface area contributed by atoms with E-state index in [1.807, 2.05) is 0 Å². The second kappa shape index (κ2) is 7.79. The van der Waals surface area contributed by atoms with Gasteiger partial charge in [0.15, 0.2) is 11.9 Å². The lowest BCUT2D eigenvalue weighted by atomic mass is 10.1. The van der Waals surface area contributed by atoms with Crippen LogP contribution in [0.1, 0.15) is 24.2 Å². The monoisotopic (exact) mass is 342 g/mol. The van der Waals surface area contributed by atoms with Crippen LogP contribution in [0.5, 0.6) is 5.75 Å². The summed E-state index contributed by atoms with van der Waals surface area (Å²) in [6.07, 6.45) is 2.54. The number of fused-ring (bicyclic) bond motifs is 1. The van der Waals surface area contributed by atoms with Crippen molar-refractivity contribution >= 4 is 23.3 Å². The van der Waals surface area contributed by atoms with Crippen molar-refractivity contribution in [3.8, 4) is 5.75 Å². The minimum atomic E-state index is -0.698. The topological polar surface area (TPSA) is 66.9 Å². The van der Waals surface area contributed by atoms with E-state index in [4.69, 9.17) is 4.74 Å². The highest BCUT2D eigenvalue weighted by Gasteiger charge is 2.33. The van der Waals surface area contributed by atoms with Crippen molar-refractivity contribution in [3.63, 3.8) is 0 Å². The van der Waals surface area contributed by atoms with Crippen molar-refractivity contribution in [1.82, 2.24) is 4.90 Å². The molecule has 1 aliphatic heterocycles. The van der Waals surface area contributed by atoms with Crippen LogP contribution in [-0.2, 0) is 9.59 Å². The van der Waals surface area contributed by atoms with Crippen LogP contribution in [0.2, 0.25) is 0 Å². The van der Waals surface area contributed by atoms with Gasteiger partial charge in [-0.15, -0.1) is 13.2 Å². The molecule has 2 rings (SSSR count). The summed E-state index contributed by atoms with van der Waals surface area (Å²) in [7, 11) is 0. The summed E-state index contributed by atoms with van der Waals surface area (Å²) in [4.78, 5) is 39.7. The summed E-state index contributed by atoms with van der Waals surface area (Å²) in [5, 5.41) is 0.